The second-order valence-electron chi connectivity index (χ2n) is 4.58. The van der Waals surface area contributed by atoms with Gasteiger partial charge in [0.05, 0.1) is 0 Å². The first-order chi connectivity index (χ1) is 4.46. The third-order valence-corrected chi connectivity index (χ3v) is 3.45. The zero-order valence-corrected chi connectivity index (χ0v) is 7.57. The molecule has 0 heterocycles. The van der Waals surface area contributed by atoms with Crippen LogP contribution in [0.1, 0.15) is 34.1 Å². The molecule has 1 atom stereocenters. The molecule has 0 aromatic heterocycles. The van der Waals surface area contributed by atoms with Gasteiger partial charge in [-0.25, -0.2) is 0 Å². The molecule has 60 valence electrons. The molecule has 0 saturated heterocycles. The molecule has 0 bridgehead atoms. The molecule has 1 aliphatic rings. The van der Waals surface area contributed by atoms with Crippen LogP contribution in [0.15, 0.2) is 0 Å². The molecule has 1 rings (SSSR count). The molecule has 0 aromatic rings. The van der Waals surface area contributed by atoms with Gasteiger partial charge in [-0.15, -0.1) is 0 Å². The van der Waals surface area contributed by atoms with E-state index in [1.807, 2.05) is 0 Å². The third kappa shape index (κ3) is 0.800. The van der Waals surface area contributed by atoms with Crippen LogP contribution >= 0.6 is 0 Å². The monoisotopic (exact) mass is 141 g/mol. The fourth-order valence-corrected chi connectivity index (χ4v) is 2.31. The molecular weight excluding hydrogens is 122 g/mol. The highest BCUT2D eigenvalue weighted by molar-refractivity contribution is 5.11. The lowest BCUT2D eigenvalue weighted by Crippen LogP contribution is -2.26. The molecule has 1 heteroatoms. The van der Waals surface area contributed by atoms with Crippen LogP contribution in [-0.4, -0.2) is 6.54 Å². The normalized spacial score (nSPS) is 36.6. The molecule has 0 amide bonds. The highest BCUT2D eigenvalue weighted by Gasteiger charge is 2.61. The molecule has 1 saturated carbocycles. The fraction of sp³-hybridized carbons (Fsp3) is 1.00. The Labute approximate surface area is 64.0 Å². The summed E-state index contributed by atoms with van der Waals surface area (Å²) in [6, 6.07) is 0. The largest absolute Gasteiger partial charge is 0.330 e. The van der Waals surface area contributed by atoms with Crippen LogP contribution in [0.3, 0.4) is 0 Å². The van der Waals surface area contributed by atoms with E-state index in [9.17, 15) is 0 Å². The first kappa shape index (κ1) is 8.06. The minimum atomic E-state index is 0.465. The summed E-state index contributed by atoms with van der Waals surface area (Å²) < 4.78 is 0. The standard InChI is InChI=1S/C9H19N/c1-7(2)9(6-10)5-8(9,3)4/h7H,5-6,10H2,1-4H3. The molecule has 0 aromatic carbocycles. The summed E-state index contributed by atoms with van der Waals surface area (Å²) in [7, 11) is 0. The van der Waals surface area contributed by atoms with Crippen LogP contribution in [0.25, 0.3) is 0 Å². The van der Waals surface area contributed by atoms with Crippen LogP contribution in [0, 0.1) is 16.7 Å². The van der Waals surface area contributed by atoms with E-state index in [2.05, 4.69) is 27.7 Å². The Bertz CT molecular complexity index is 138. The second-order valence-corrected chi connectivity index (χ2v) is 4.58. The van der Waals surface area contributed by atoms with Crippen LogP contribution in [0.5, 0.6) is 0 Å². The van der Waals surface area contributed by atoms with Crippen molar-refractivity contribution < 1.29 is 0 Å². The molecule has 0 radical (unpaired) electrons. The first-order valence-electron chi connectivity index (χ1n) is 4.16. The van der Waals surface area contributed by atoms with Gasteiger partial charge >= 0.3 is 0 Å². The molecular formula is C9H19N. The van der Waals surface area contributed by atoms with Crippen LogP contribution in [0.2, 0.25) is 0 Å². The van der Waals surface area contributed by atoms with Gasteiger partial charge in [0.25, 0.3) is 0 Å². The van der Waals surface area contributed by atoms with Gasteiger partial charge in [0.2, 0.25) is 0 Å². The highest BCUT2D eigenvalue weighted by Crippen LogP contribution is 2.66. The second kappa shape index (κ2) is 1.97. The van der Waals surface area contributed by atoms with Gasteiger partial charge < -0.3 is 5.73 Å². The van der Waals surface area contributed by atoms with Gasteiger partial charge in [-0.2, -0.15) is 0 Å². The van der Waals surface area contributed by atoms with Gasteiger partial charge in [0, 0.05) is 0 Å². The van der Waals surface area contributed by atoms with Gasteiger partial charge in [-0.3, -0.25) is 0 Å². The quantitative estimate of drug-likeness (QED) is 0.625. The van der Waals surface area contributed by atoms with Crippen molar-refractivity contribution in [2.45, 2.75) is 34.1 Å². The Morgan fingerprint density at radius 1 is 1.40 bits per heavy atom. The van der Waals surface area contributed by atoms with Gasteiger partial charge in [-0.05, 0) is 29.7 Å². The van der Waals surface area contributed by atoms with Gasteiger partial charge in [0.15, 0.2) is 0 Å². The van der Waals surface area contributed by atoms with Crippen molar-refractivity contribution in [1.82, 2.24) is 0 Å². The Morgan fingerprint density at radius 3 is 1.80 bits per heavy atom. The first-order valence-corrected chi connectivity index (χ1v) is 4.16. The maximum absolute atomic E-state index is 5.75. The van der Waals surface area contributed by atoms with Gasteiger partial charge in [0.1, 0.15) is 0 Å². The van der Waals surface area contributed by atoms with Crippen molar-refractivity contribution in [2.75, 3.05) is 6.54 Å². The molecule has 2 N–H and O–H groups in total. The third-order valence-electron chi connectivity index (χ3n) is 3.45. The molecule has 1 unspecified atom stereocenters. The van der Waals surface area contributed by atoms with E-state index in [0.29, 0.717) is 10.8 Å². The molecule has 1 aliphatic carbocycles. The Hall–Kier alpha value is -0.0400. The number of rotatable bonds is 2. The lowest BCUT2D eigenvalue weighted by atomic mass is 9.85. The Kier molecular flexibility index (Phi) is 1.59. The van der Waals surface area contributed by atoms with Crippen molar-refractivity contribution in [2.24, 2.45) is 22.5 Å². The van der Waals surface area contributed by atoms with Crippen molar-refractivity contribution in [1.29, 1.82) is 0 Å². The molecule has 10 heavy (non-hydrogen) atoms. The predicted octanol–water partition coefficient (Wildman–Crippen LogP) is 2.02. The average Bonchev–Trinajstić information content (AvgIpc) is 2.35. The van der Waals surface area contributed by atoms with E-state index in [4.69, 9.17) is 5.73 Å². The fourth-order valence-electron chi connectivity index (χ4n) is 2.31. The SMILES string of the molecule is CC(C)C1(CN)CC1(C)C. The zero-order valence-electron chi connectivity index (χ0n) is 7.57. The average molecular weight is 141 g/mol. The minimum absolute atomic E-state index is 0.465. The lowest BCUT2D eigenvalue weighted by molar-refractivity contribution is 0.288. The Morgan fingerprint density at radius 2 is 1.80 bits per heavy atom. The highest BCUT2D eigenvalue weighted by atomic mass is 14.7. The summed E-state index contributed by atoms with van der Waals surface area (Å²) >= 11 is 0. The maximum Gasteiger partial charge on any atom is -0.00127 e. The van der Waals surface area contributed by atoms with Crippen molar-refractivity contribution in [3.05, 3.63) is 0 Å². The van der Waals surface area contributed by atoms with E-state index in [0.717, 1.165) is 12.5 Å². The molecule has 0 aliphatic heterocycles. The molecule has 1 fully saturated rings. The van der Waals surface area contributed by atoms with Crippen molar-refractivity contribution >= 4 is 0 Å². The predicted molar refractivity (Wildman–Crippen MR) is 44.7 cm³/mol. The van der Waals surface area contributed by atoms with Crippen LogP contribution < -0.4 is 5.73 Å². The van der Waals surface area contributed by atoms with Crippen molar-refractivity contribution in [3.8, 4) is 0 Å². The van der Waals surface area contributed by atoms with E-state index < -0.39 is 0 Å². The summed E-state index contributed by atoms with van der Waals surface area (Å²) in [6.07, 6.45) is 1.31. The Balaban J connectivity index is 2.68. The topological polar surface area (TPSA) is 26.0 Å². The van der Waals surface area contributed by atoms with E-state index in [1.54, 1.807) is 0 Å². The van der Waals surface area contributed by atoms with Gasteiger partial charge in [-0.1, -0.05) is 27.7 Å². The van der Waals surface area contributed by atoms with E-state index in [1.165, 1.54) is 6.42 Å². The maximum atomic E-state index is 5.75. The van der Waals surface area contributed by atoms with Crippen LogP contribution in [0.4, 0.5) is 0 Å². The summed E-state index contributed by atoms with van der Waals surface area (Å²) in [5, 5.41) is 0. The molecule has 1 nitrogen and oxygen atoms in total. The summed E-state index contributed by atoms with van der Waals surface area (Å²) in [4.78, 5) is 0. The number of hydrogen-bond acceptors (Lipinski definition) is 1. The number of nitrogens with two attached hydrogens (primary N) is 1. The summed E-state index contributed by atoms with van der Waals surface area (Å²) in [6.45, 7) is 10.1. The summed E-state index contributed by atoms with van der Waals surface area (Å²) in [5.74, 6) is 0.743. The molecule has 0 spiro atoms. The van der Waals surface area contributed by atoms with Crippen molar-refractivity contribution in [3.63, 3.8) is 0 Å². The zero-order chi connectivity index (χ0) is 7.99. The van der Waals surface area contributed by atoms with Crippen LogP contribution in [-0.2, 0) is 0 Å². The van der Waals surface area contributed by atoms with E-state index >= 15 is 0 Å². The smallest absolute Gasteiger partial charge is 0.00127 e. The number of hydrogen-bond donors (Lipinski definition) is 1. The summed E-state index contributed by atoms with van der Waals surface area (Å²) in [5.41, 5.74) is 6.72. The lowest BCUT2D eigenvalue weighted by Gasteiger charge is -2.22. The minimum Gasteiger partial charge on any atom is -0.330 e. The van der Waals surface area contributed by atoms with E-state index in [-0.39, 0.29) is 0 Å².